The molecule has 1 aliphatic carbocycles. The summed E-state index contributed by atoms with van der Waals surface area (Å²) in [6.07, 6.45) is 6.59. The third-order valence-corrected chi connectivity index (χ3v) is 9.34. The highest BCUT2D eigenvalue weighted by molar-refractivity contribution is 5.66. The summed E-state index contributed by atoms with van der Waals surface area (Å²) in [5.74, 6) is -1.38. The number of hydrogen-bond donors (Lipinski definition) is 1. The molecule has 5 rings (SSSR count). The molecule has 0 saturated carbocycles. The molecular formula is C31H46O9. The van der Waals surface area contributed by atoms with Crippen molar-refractivity contribution < 1.29 is 43.1 Å². The van der Waals surface area contributed by atoms with E-state index < -0.39 is 47.7 Å². The Bertz CT molecular complexity index is 1060. The smallest absolute Gasteiger partial charge is 0.303 e. The summed E-state index contributed by atoms with van der Waals surface area (Å²) < 4.78 is 42.9. The number of methoxy groups -OCH3 is 1. The van der Waals surface area contributed by atoms with Crippen LogP contribution in [0.15, 0.2) is 35.5 Å². The molecule has 0 amide bonds. The predicted molar refractivity (Wildman–Crippen MR) is 146 cm³/mol. The van der Waals surface area contributed by atoms with Crippen molar-refractivity contribution in [2.24, 2.45) is 23.7 Å². The van der Waals surface area contributed by atoms with Gasteiger partial charge in [0.1, 0.15) is 17.8 Å². The fourth-order valence-electron chi connectivity index (χ4n) is 7.10. The highest BCUT2D eigenvalue weighted by atomic mass is 16.8. The van der Waals surface area contributed by atoms with Crippen LogP contribution in [0.25, 0.3) is 0 Å². The molecule has 9 nitrogen and oxygen atoms in total. The molecule has 10 atom stereocenters. The third kappa shape index (κ3) is 5.46. The number of fused-ring (bicyclic) bond motifs is 4. The van der Waals surface area contributed by atoms with Crippen molar-refractivity contribution in [2.75, 3.05) is 20.3 Å². The lowest BCUT2D eigenvalue weighted by Crippen LogP contribution is -2.54. The summed E-state index contributed by atoms with van der Waals surface area (Å²) in [6.45, 7) is 13.9. The van der Waals surface area contributed by atoms with Gasteiger partial charge in [0, 0.05) is 19.6 Å². The van der Waals surface area contributed by atoms with Crippen molar-refractivity contribution in [1.29, 1.82) is 0 Å². The fraction of sp³-hybridized carbons (Fsp3) is 0.774. The van der Waals surface area contributed by atoms with E-state index in [9.17, 15) is 9.90 Å². The number of aliphatic hydroxyl groups is 1. The highest BCUT2D eigenvalue weighted by Gasteiger charge is 2.55. The van der Waals surface area contributed by atoms with Gasteiger partial charge in [-0.15, -0.1) is 0 Å². The second-order valence-corrected chi connectivity index (χ2v) is 12.9. The molecule has 0 aromatic heterocycles. The molecule has 40 heavy (non-hydrogen) atoms. The Morgan fingerprint density at radius 2 is 1.95 bits per heavy atom. The van der Waals surface area contributed by atoms with Crippen LogP contribution in [-0.2, 0) is 38.0 Å². The number of rotatable bonds is 6. The van der Waals surface area contributed by atoms with Crippen LogP contribution in [-0.4, -0.2) is 79.3 Å². The Labute approximate surface area is 237 Å². The summed E-state index contributed by atoms with van der Waals surface area (Å²) in [4.78, 5) is 12.1. The number of ether oxygens (including phenoxy) is 7. The van der Waals surface area contributed by atoms with Crippen molar-refractivity contribution >= 4 is 5.97 Å². The first-order valence-electron chi connectivity index (χ1n) is 14.5. The van der Waals surface area contributed by atoms with E-state index >= 15 is 0 Å². The van der Waals surface area contributed by atoms with E-state index in [1.165, 1.54) is 12.5 Å². The predicted octanol–water partition coefficient (Wildman–Crippen LogP) is 4.04. The standard InChI is InChI=1S/C31H46O9/c1-17(2)21-10-9-18(3)22-14-25(33)30(7)11-12-31(34-8,40-30)20(13-23(21)22)15-35-28-27(37-19(4)32)26-24(16-36-28)38-29(5,6)39-26/h9,11-13,17,21-28,33H,10,14-16H2,1-8H3/b20-13-/t21-,22+,23-,24-,25+,26-,27+,28-,30+,31-/m1/s1. The molecule has 2 saturated heterocycles. The average molecular weight is 563 g/mol. The van der Waals surface area contributed by atoms with E-state index in [0.29, 0.717) is 18.3 Å². The van der Waals surface area contributed by atoms with E-state index in [2.05, 4.69) is 32.9 Å². The number of carbonyl (C=O) groups excluding carboxylic acids is 1. The van der Waals surface area contributed by atoms with Gasteiger partial charge in [-0.3, -0.25) is 4.79 Å². The molecule has 0 aromatic rings. The first kappa shape index (κ1) is 29.9. The zero-order valence-corrected chi connectivity index (χ0v) is 25.0. The van der Waals surface area contributed by atoms with Gasteiger partial charge < -0.3 is 38.3 Å². The molecule has 9 heteroatoms. The van der Waals surface area contributed by atoms with Gasteiger partial charge in [0.15, 0.2) is 18.2 Å². The normalized spacial score (nSPS) is 45.5. The van der Waals surface area contributed by atoms with Gasteiger partial charge in [-0.2, -0.15) is 0 Å². The van der Waals surface area contributed by atoms with Crippen LogP contribution in [0.5, 0.6) is 0 Å². The van der Waals surface area contributed by atoms with Crippen molar-refractivity contribution in [2.45, 2.75) is 109 Å². The van der Waals surface area contributed by atoms with E-state index in [0.717, 1.165) is 12.0 Å². The van der Waals surface area contributed by atoms with Gasteiger partial charge in [-0.25, -0.2) is 0 Å². The van der Waals surface area contributed by atoms with Crippen LogP contribution < -0.4 is 0 Å². The van der Waals surface area contributed by atoms with Crippen molar-refractivity contribution in [3.63, 3.8) is 0 Å². The van der Waals surface area contributed by atoms with Crippen LogP contribution in [0.1, 0.15) is 61.3 Å². The van der Waals surface area contributed by atoms with E-state index in [1.807, 2.05) is 32.9 Å². The Kier molecular flexibility index (Phi) is 8.15. The van der Waals surface area contributed by atoms with E-state index in [-0.39, 0.29) is 31.2 Å². The molecule has 5 aliphatic rings. The SMILES string of the molecule is CO[C@]12C=C[C@](C)(O1)[C@@H](O)C[C@H]1C(C)=CC[C@H](C(C)C)[C@H]1/C=C\2CO[C@@H]1OC[C@H]2OC(C)(C)O[C@H]2[C@@H]1OC(C)=O. The lowest BCUT2D eigenvalue weighted by molar-refractivity contribution is -0.262. The maximum atomic E-state index is 12.1. The average Bonchev–Trinajstić information content (AvgIpc) is 3.41. The first-order chi connectivity index (χ1) is 18.8. The second-order valence-electron chi connectivity index (χ2n) is 12.9. The number of esters is 1. The Morgan fingerprint density at radius 1 is 1.20 bits per heavy atom. The fourth-order valence-corrected chi connectivity index (χ4v) is 7.10. The van der Waals surface area contributed by atoms with Crippen molar-refractivity contribution in [1.82, 2.24) is 0 Å². The minimum atomic E-state index is -1.22. The molecule has 4 heterocycles. The highest BCUT2D eigenvalue weighted by Crippen LogP contribution is 2.49. The van der Waals surface area contributed by atoms with Gasteiger partial charge in [-0.1, -0.05) is 31.6 Å². The number of allylic oxidation sites excluding steroid dienone is 3. The Hall–Kier alpha value is -1.59. The van der Waals surface area contributed by atoms with Gasteiger partial charge in [0.25, 0.3) is 0 Å². The topological polar surface area (TPSA) is 102 Å². The quantitative estimate of drug-likeness (QED) is 0.380. The molecule has 2 bridgehead atoms. The lowest BCUT2D eigenvalue weighted by Gasteiger charge is -2.40. The van der Waals surface area contributed by atoms with Crippen molar-refractivity contribution in [3.8, 4) is 0 Å². The monoisotopic (exact) mass is 562 g/mol. The van der Waals surface area contributed by atoms with Crippen LogP contribution in [0.3, 0.4) is 0 Å². The number of hydrogen-bond acceptors (Lipinski definition) is 9. The van der Waals surface area contributed by atoms with Crippen LogP contribution in [0, 0.1) is 23.7 Å². The summed E-state index contributed by atoms with van der Waals surface area (Å²) in [5, 5.41) is 11.4. The van der Waals surface area contributed by atoms with Crippen LogP contribution >= 0.6 is 0 Å². The molecular weight excluding hydrogens is 516 g/mol. The van der Waals surface area contributed by atoms with Gasteiger partial charge in [-0.05, 0) is 76.4 Å². The van der Waals surface area contributed by atoms with E-state index in [4.69, 9.17) is 33.2 Å². The maximum absolute atomic E-state index is 12.1. The molecule has 1 N–H and O–H groups in total. The molecule has 0 radical (unpaired) electrons. The minimum absolute atomic E-state index is 0.102. The van der Waals surface area contributed by atoms with Crippen LogP contribution in [0.2, 0.25) is 0 Å². The summed E-state index contributed by atoms with van der Waals surface area (Å²) in [5.41, 5.74) is 1.15. The number of aliphatic hydroxyl groups excluding tert-OH is 1. The van der Waals surface area contributed by atoms with Crippen LogP contribution in [0.4, 0.5) is 0 Å². The molecule has 224 valence electrons. The molecule has 4 aliphatic heterocycles. The minimum Gasteiger partial charge on any atom is -0.454 e. The summed E-state index contributed by atoms with van der Waals surface area (Å²) in [7, 11) is 1.60. The third-order valence-electron chi connectivity index (χ3n) is 9.34. The largest absolute Gasteiger partial charge is 0.454 e. The van der Waals surface area contributed by atoms with Gasteiger partial charge in [0.05, 0.1) is 19.3 Å². The lowest BCUT2D eigenvalue weighted by atomic mass is 9.65. The van der Waals surface area contributed by atoms with Gasteiger partial charge >= 0.3 is 5.97 Å². The molecule has 0 unspecified atom stereocenters. The zero-order chi connectivity index (χ0) is 29.0. The Balaban J connectivity index is 1.49. The maximum Gasteiger partial charge on any atom is 0.303 e. The molecule has 2 fully saturated rings. The molecule has 0 spiro atoms. The van der Waals surface area contributed by atoms with Gasteiger partial charge in [0.2, 0.25) is 5.79 Å². The van der Waals surface area contributed by atoms with E-state index in [1.54, 1.807) is 7.11 Å². The summed E-state index contributed by atoms with van der Waals surface area (Å²) in [6, 6.07) is 0. The van der Waals surface area contributed by atoms with Crippen molar-refractivity contribution in [3.05, 3.63) is 35.5 Å². The zero-order valence-electron chi connectivity index (χ0n) is 25.0. The molecule has 0 aromatic carbocycles. The second kappa shape index (κ2) is 10.9. The number of carbonyl (C=O) groups is 1. The first-order valence-corrected chi connectivity index (χ1v) is 14.5. The Morgan fingerprint density at radius 3 is 2.62 bits per heavy atom. The summed E-state index contributed by atoms with van der Waals surface area (Å²) >= 11 is 0.